The van der Waals surface area contributed by atoms with Gasteiger partial charge in [0, 0.05) is 0 Å². The third-order valence-electron chi connectivity index (χ3n) is 1.11. The molecular formula is C4Br2ClF6I. The average molecular weight is 484 g/mol. The molecule has 0 nitrogen and oxygen atoms in total. The average Bonchev–Trinajstić information content (AvgIpc) is 1.81. The highest BCUT2D eigenvalue weighted by molar-refractivity contribution is 14.1. The van der Waals surface area contributed by atoms with Crippen LogP contribution in [-0.2, 0) is 0 Å². The van der Waals surface area contributed by atoms with E-state index >= 15 is 0 Å². The van der Waals surface area contributed by atoms with Gasteiger partial charge in [-0.15, -0.1) is 0 Å². The fourth-order valence-corrected chi connectivity index (χ4v) is 1.22. The Balaban J connectivity index is 5.30. The summed E-state index contributed by atoms with van der Waals surface area (Å²) in [6.07, 6.45) is -10.4. The molecule has 0 amide bonds. The van der Waals surface area contributed by atoms with E-state index in [1.54, 1.807) is 0 Å². The van der Waals surface area contributed by atoms with Crippen LogP contribution in [0.4, 0.5) is 26.3 Å². The van der Waals surface area contributed by atoms with Crippen molar-refractivity contribution in [3.05, 3.63) is 0 Å². The Bertz CT molecular complexity index is 197. The van der Waals surface area contributed by atoms with Gasteiger partial charge >= 0.3 is 12.4 Å². The van der Waals surface area contributed by atoms with Gasteiger partial charge in [0.2, 0.25) is 6.11 Å². The zero-order valence-electron chi connectivity index (χ0n) is 5.78. The van der Waals surface area contributed by atoms with Crippen molar-refractivity contribution in [2.75, 3.05) is 0 Å². The van der Waals surface area contributed by atoms with Crippen LogP contribution >= 0.6 is 66.1 Å². The van der Waals surface area contributed by atoms with Crippen molar-refractivity contribution in [1.29, 1.82) is 0 Å². The van der Waals surface area contributed by atoms with E-state index in [4.69, 9.17) is 11.6 Å². The summed E-state index contributed by atoms with van der Waals surface area (Å²) in [6, 6.07) is 0. The SMILES string of the molecule is FC(F)(F)C(Cl)(Br)C(Br)(I)C(F)(F)F. The minimum absolute atomic E-state index is 0.543. The van der Waals surface area contributed by atoms with Gasteiger partial charge in [0.1, 0.15) is 0 Å². The summed E-state index contributed by atoms with van der Waals surface area (Å²) >= 11 is 9.10. The van der Waals surface area contributed by atoms with E-state index in [2.05, 4.69) is 0 Å². The first-order chi connectivity index (χ1) is 5.75. The van der Waals surface area contributed by atoms with Crippen molar-refractivity contribution >= 4 is 66.1 Å². The van der Waals surface area contributed by atoms with E-state index in [1.807, 2.05) is 31.9 Å². The summed E-state index contributed by atoms with van der Waals surface area (Å²) in [5, 5.41) is 0. The normalized spacial score (nSPS) is 22.7. The Morgan fingerprint density at radius 3 is 1.21 bits per heavy atom. The topological polar surface area (TPSA) is 0 Å². The lowest BCUT2D eigenvalue weighted by Gasteiger charge is -2.36. The van der Waals surface area contributed by atoms with Crippen LogP contribution in [0.3, 0.4) is 0 Å². The minimum Gasteiger partial charge on any atom is -0.168 e. The number of hydrogen-bond acceptors (Lipinski definition) is 0. The first-order valence-electron chi connectivity index (χ1n) is 2.64. The second kappa shape index (κ2) is 4.10. The van der Waals surface area contributed by atoms with Gasteiger partial charge in [0.05, 0.1) is 0 Å². The maximum Gasteiger partial charge on any atom is 0.420 e. The molecule has 0 saturated heterocycles. The van der Waals surface area contributed by atoms with E-state index in [9.17, 15) is 26.3 Å². The van der Waals surface area contributed by atoms with E-state index in [0.29, 0.717) is 22.6 Å². The van der Waals surface area contributed by atoms with E-state index in [-0.39, 0.29) is 0 Å². The van der Waals surface area contributed by atoms with Crippen LogP contribution < -0.4 is 0 Å². The number of halogens is 10. The minimum atomic E-state index is -5.26. The van der Waals surface area contributed by atoms with Gasteiger partial charge in [-0.3, -0.25) is 0 Å². The van der Waals surface area contributed by atoms with Crippen molar-refractivity contribution in [3.8, 4) is 0 Å². The fraction of sp³-hybridized carbons (Fsp3) is 1.00. The third-order valence-corrected chi connectivity index (χ3v) is 6.93. The van der Waals surface area contributed by atoms with Crippen LogP contribution in [0.15, 0.2) is 0 Å². The van der Waals surface area contributed by atoms with Gasteiger partial charge in [0.25, 0.3) is 0 Å². The summed E-state index contributed by atoms with van der Waals surface area (Å²) in [4.78, 5) is 0. The molecule has 2 atom stereocenters. The standard InChI is InChI=1S/C4Br2ClF6I/c5-1(7,3(8,9)10)2(6,14)4(11,12)13. The lowest BCUT2D eigenvalue weighted by Crippen LogP contribution is -2.55. The molecule has 0 heterocycles. The lowest BCUT2D eigenvalue weighted by molar-refractivity contribution is -0.183. The first-order valence-corrected chi connectivity index (χ1v) is 5.68. The highest BCUT2D eigenvalue weighted by Gasteiger charge is 2.73. The second-order valence-corrected chi connectivity index (χ2v) is 8.65. The zero-order valence-corrected chi connectivity index (χ0v) is 11.9. The molecule has 0 N–H and O–H groups in total. The van der Waals surface area contributed by atoms with E-state index < -0.39 is 18.5 Å². The Labute approximate surface area is 110 Å². The van der Waals surface area contributed by atoms with Gasteiger partial charge in [-0.1, -0.05) is 66.1 Å². The monoisotopic (exact) mass is 482 g/mol. The number of hydrogen-bond donors (Lipinski definition) is 0. The molecule has 14 heavy (non-hydrogen) atoms. The summed E-state index contributed by atoms with van der Waals surface area (Å²) in [5.74, 6) is 0. The Kier molecular flexibility index (Phi) is 4.55. The van der Waals surface area contributed by atoms with Crippen molar-refractivity contribution in [1.82, 2.24) is 0 Å². The van der Waals surface area contributed by atoms with Crippen LogP contribution in [0, 0.1) is 0 Å². The predicted octanol–water partition coefficient (Wildman–Crippen LogP) is 4.97. The highest BCUT2D eigenvalue weighted by atomic mass is 127. The fourth-order valence-electron chi connectivity index (χ4n) is 0.356. The molecule has 0 radical (unpaired) electrons. The molecule has 0 aromatic rings. The van der Waals surface area contributed by atoms with Gasteiger partial charge in [-0.2, -0.15) is 26.3 Å². The van der Waals surface area contributed by atoms with Crippen molar-refractivity contribution in [3.63, 3.8) is 0 Å². The smallest absolute Gasteiger partial charge is 0.168 e. The van der Waals surface area contributed by atoms with Gasteiger partial charge < -0.3 is 0 Å². The van der Waals surface area contributed by atoms with Crippen LogP contribution in [-0.4, -0.2) is 18.5 Å². The molecule has 0 aromatic carbocycles. The maximum atomic E-state index is 12.2. The van der Waals surface area contributed by atoms with Gasteiger partial charge in [-0.05, 0) is 0 Å². The molecule has 0 spiro atoms. The lowest BCUT2D eigenvalue weighted by atomic mass is 10.3. The van der Waals surface area contributed by atoms with Crippen molar-refractivity contribution < 1.29 is 26.3 Å². The van der Waals surface area contributed by atoms with Crippen molar-refractivity contribution in [2.24, 2.45) is 0 Å². The maximum absolute atomic E-state index is 12.2. The molecule has 2 unspecified atom stereocenters. The van der Waals surface area contributed by atoms with Crippen LogP contribution in [0.5, 0.6) is 0 Å². The number of alkyl halides is 10. The van der Waals surface area contributed by atoms with Crippen LogP contribution in [0.2, 0.25) is 0 Å². The number of rotatable bonds is 1. The molecule has 0 aromatic heterocycles. The Morgan fingerprint density at radius 2 is 1.14 bits per heavy atom. The van der Waals surface area contributed by atoms with Crippen molar-refractivity contribution in [2.45, 2.75) is 18.5 Å². The summed E-state index contributed by atoms with van der Waals surface area (Å²) < 4.78 is 66.0. The molecule has 0 saturated carbocycles. The van der Waals surface area contributed by atoms with Crippen LogP contribution in [0.1, 0.15) is 0 Å². The van der Waals surface area contributed by atoms with Gasteiger partial charge in [0.15, 0.2) is 0 Å². The molecule has 0 aliphatic carbocycles. The first kappa shape index (κ1) is 15.6. The summed E-state index contributed by atoms with van der Waals surface area (Å²) in [6.45, 7) is 0. The van der Waals surface area contributed by atoms with Gasteiger partial charge in [-0.25, -0.2) is 0 Å². The molecule has 10 heteroatoms. The molecule has 0 fully saturated rings. The quantitative estimate of drug-likeness (QED) is 0.280. The zero-order chi connectivity index (χ0) is 12.0. The highest BCUT2D eigenvalue weighted by Crippen LogP contribution is 2.62. The van der Waals surface area contributed by atoms with E-state index in [1.165, 1.54) is 0 Å². The third kappa shape index (κ3) is 2.62. The second-order valence-electron chi connectivity index (χ2n) is 2.14. The molecule has 0 aliphatic rings. The molecule has 0 rings (SSSR count). The van der Waals surface area contributed by atoms with Crippen LogP contribution in [0.25, 0.3) is 0 Å². The Morgan fingerprint density at radius 1 is 0.857 bits per heavy atom. The summed E-state index contributed by atoms with van der Waals surface area (Å²) in [5.41, 5.74) is 0. The molecule has 0 bridgehead atoms. The molecule has 86 valence electrons. The molecule has 0 aliphatic heterocycles. The van der Waals surface area contributed by atoms with E-state index in [0.717, 1.165) is 0 Å². The predicted molar refractivity (Wildman–Crippen MR) is 55.3 cm³/mol. The largest absolute Gasteiger partial charge is 0.420 e. The summed E-state index contributed by atoms with van der Waals surface area (Å²) in [7, 11) is 0. The molecular weight excluding hydrogens is 484 g/mol. The Hall–Kier alpha value is 1.56.